The molecule has 0 aliphatic rings. The highest BCUT2D eigenvalue weighted by atomic mass is 32.1. The molecule has 3 heterocycles. The van der Waals surface area contributed by atoms with Crippen LogP contribution >= 0.6 is 11.3 Å². The second-order valence-corrected chi connectivity index (χ2v) is 7.27. The predicted octanol–water partition coefficient (Wildman–Crippen LogP) is 4.54. The van der Waals surface area contributed by atoms with Crippen molar-refractivity contribution in [2.45, 2.75) is 32.6 Å². The van der Waals surface area contributed by atoms with Gasteiger partial charge in [-0.05, 0) is 56.0 Å². The fourth-order valence-electron chi connectivity index (χ4n) is 2.57. The fourth-order valence-corrected chi connectivity index (χ4v) is 3.50. The molecule has 3 aromatic heterocycles. The molecule has 0 fully saturated rings. The summed E-state index contributed by atoms with van der Waals surface area (Å²) in [5.41, 5.74) is 2.02. The molecular weight excluding hydrogens is 360 g/mol. The number of nitrogens with zero attached hydrogens (tertiary/aromatic N) is 3. The number of carbonyl (C=O) groups is 1. The SMILES string of the molecule is COC(=O)CCCCc1ncc(-c2cccc(Nc3cc(C)ccn3)n2)s1. The molecule has 0 bridgehead atoms. The maximum absolute atomic E-state index is 11.1. The van der Waals surface area contributed by atoms with Crippen LogP contribution in [0.3, 0.4) is 0 Å². The van der Waals surface area contributed by atoms with Crippen molar-refractivity contribution in [2.75, 3.05) is 12.4 Å². The number of unbranched alkanes of at least 4 members (excludes halogenated alkanes) is 1. The Morgan fingerprint density at radius 1 is 1.19 bits per heavy atom. The van der Waals surface area contributed by atoms with Crippen LogP contribution in [0.1, 0.15) is 29.8 Å². The van der Waals surface area contributed by atoms with Gasteiger partial charge >= 0.3 is 5.97 Å². The molecule has 0 aromatic carbocycles. The van der Waals surface area contributed by atoms with E-state index in [1.807, 2.05) is 43.5 Å². The predicted molar refractivity (Wildman–Crippen MR) is 107 cm³/mol. The topological polar surface area (TPSA) is 77.0 Å². The summed E-state index contributed by atoms with van der Waals surface area (Å²) in [7, 11) is 1.42. The third kappa shape index (κ3) is 5.59. The maximum Gasteiger partial charge on any atom is 0.305 e. The van der Waals surface area contributed by atoms with E-state index in [-0.39, 0.29) is 5.97 Å². The zero-order valence-corrected chi connectivity index (χ0v) is 16.3. The summed E-state index contributed by atoms with van der Waals surface area (Å²) < 4.78 is 4.65. The Balaban J connectivity index is 1.62. The fraction of sp³-hybridized carbons (Fsp3) is 0.300. The number of ether oxygens (including phenoxy) is 1. The van der Waals surface area contributed by atoms with E-state index in [9.17, 15) is 4.79 Å². The lowest BCUT2D eigenvalue weighted by Gasteiger charge is -2.06. The average molecular weight is 382 g/mol. The molecule has 0 radical (unpaired) electrons. The number of methoxy groups -OCH3 is 1. The monoisotopic (exact) mass is 382 g/mol. The van der Waals surface area contributed by atoms with E-state index in [1.54, 1.807) is 17.5 Å². The third-order valence-corrected chi connectivity index (χ3v) is 5.06. The third-order valence-electron chi connectivity index (χ3n) is 3.98. The van der Waals surface area contributed by atoms with Crippen LogP contribution in [0.5, 0.6) is 0 Å². The molecule has 140 valence electrons. The second-order valence-electron chi connectivity index (χ2n) is 6.15. The first-order valence-corrected chi connectivity index (χ1v) is 9.64. The molecule has 0 atom stereocenters. The van der Waals surface area contributed by atoms with Crippen LogP contribution in [-0.2, 0) is 16.0 Å². The lowest BCUT2D eigenvalue weighted by molar-refractivity contribution is -0.140. The van der Waals surface area contributed by atoms with Crippen LogP contribution in [0.25, 0.3) is 10.6 Å². The summed E-state index contributed by atoms with van der Waals surface area (Å²) in [6, 6.07) is 9.80. The van der Waals surface area contributed by atoms with Gasteiger partial charge in [-0.15, -0.1) is 11.3 Å². The standard InChI is InChI=1S/C20H22N4O2S/c1-14-10-11-21-18(12-14)24-17-7-5-6-15(23-17)16-13-22-19(27-16)8-3-4-9-20(25)26-2/h5-7,10-13H,3-4,8-9H2,1-2H3,(H,21,23,24). The van der Waals surface area contributed by atoms with Gasteiger partial charge in [0.25, 0.3) is 0 Å². The Bertz CT molecular complexity index is 910. The molecule has 0 unspecified atom stereocenters. The minimum Gasteiger partial charge on any atom is -0.469 e. The van der Waals surface area contributed by atoms with Gasteiger partial charge in [0.15, 0.2) is 0 Å². The first-order chi connectivity index (χ1) is 13.1. The zero-order chi connectivity index (χ0) is 19.1. The zero-order valence-electron chi connectivity index (χ0n) is 15.4. The highest BCUT2D eigenvalue weighted by Crippen LogP contribution is 2.27. The van der Waals surface area contributed by atoms with E-state index in [0.717, 1.165) is 52.0 Å². The van der Waals surface area contributed by atoms with Gasteiger partial charge < -0.3 is 10.1 Å². The van der Waals surface area contributed by atoms with Crippen LogP contribution < -0.4 is 5.32 Å². The first kappa shape index (κ1) is 19.0. The molecule has 0 aliphatic heterocycles. The van der Waals surface area contributed by atoms with Gasteiger partial charge in [-0.1, -0.05) is 6.07 Å². The molecular formula is C20H22N4O2S. The number of anilines is 2. The van der Waals surface area contributed by atoms with E-state index < -0.39 is 0 Å². The molecule has 0 saturated heterocycles. The number of nitrogens with one attached hydrogen (secondary N) is 1. The molecule has 27 heavy (non-hydrogen) atoms. The first-order valence-electron chi connectivity index (χ1n) is 8.82. The van der Waals surface area contributed by atoms with Crippen molar-refractivity contribution >= 4 is 28.9 Å². The molecule has 3 aromatic rings. The number of esters is 1. The van der Waals surface area contributed by atoms with Gasteiger partial charge in [-0.25, -0.2) is 15.0 Å². The van der Waals surface area contributed by atoms with Crippen LogP contribution in [0.15, 0.2) is 42.7 Å². The largest absolute Gasteiger partial charge is 0.469 e. The van der Waals surface area contributed by atoms with E-state index in [4.69, 9.17) is 0 Å². The van der Waals surface area contributed by atoms with Crippen LogP contribution in [0, 0.1) is 6.92 Å². The van der Waals surface area contributed by atoms with Gasteiger partial charge in [0.2, 0.25) is 0 Å². The number of thiazole rings is 1. The van der Waals surface area contributed by atoms with E-state index >= 15 is 0 Å². The molecule has 0 amide bonds. The molecule has 3 rings (SSSR count). The lowest BCUT2D eigenvalue weighted by atomic mass is 10.2. The second kappa shape index (κ2) is 9.23. The minimum absolute atomic E-state index is 0.161. The summed E-state index contributed by atoms with van der Waals surface area (Å²) in [6.45, 7) is 2.03. The highest BCUT2D eigenvalue weighted by molar-refractivity contribution is 7.15. The Morgan fingerprint density at radius 2 is 2.07 bits per heavy atom. The molecule has 0 spiro atoms. The quantitative estimate of drug-likeness (QED) is 0.455. The van der Waals surface area contributed by atoms with Crippen LogP contribution in [0.2, 0.25) is 0 Å². The van der Waals surface area contributed by atoms with Gasteiger partial charge in [-0.2, -0.15) is 0 Å². The number of rotatable bonds is 8. The summed E-state index contributed by atoms with van der Waals surface area (Å²) in [5.74, 6) is 1.36. The van der Waals surface area contributed by atoms with Crippen molar-refractivity contribution in [3.63, 3.8) is 0 Å². The van der Waals surface area contributed by atoms with Gasteiger partial charge in [0.1, 0.15) is 11.6 Å². The maximum atomic E-state index is 11.1. The van der Waals surface area contributed by atoms with E-state index in [1.165, 1.54) is 7.11 Å². The Kier molecular flexibility index (Phi) is 6.49. The molecule has 0 saturated carbocycles. The van der Waals surface area contributed by atoms with Crippen molar-refractivity contribution < 1.29 is 9.53 Å². The van der Waals surface area contributed by atoms with E-state index in [2.05, 4.69) is 25.0 Å². The van der Waals surface area contributed by atoms with Crippen molar-refractivity contribution in [3.8, 4) is 10.6 Å². The van der Waals surface area contributed by atoms with Crippen LogP contribution in [-0.4, -0.2) is 28.0 Å². The normalized spacial score (nSPS) is 10.6. The Labute approximate surface area is 162 Å². The van der Waals surface area contributed by atoms with Crippen LogP contribution in [0.4, 0.5) is 11.6 Å². The van der Waals surface area contributed by atoms with Crippen molar-refractivity contribution in [2.24, 2.45) is 0 Å². The number of aromatic nitrogens is 3. The van der Waals surface area contributed by atoms with Gasteiger partial charge in [-0.3, -0.25) is 4.79 Å². The van der Waals surface area contributed by atoms with Gasteiger partial charge in [0, 0.05) is 18.8 Å². The molecule has 1 N–H and O–H groups in total. The van der Waals surface area contributed by atoms with Crippen molar-refractivity contribution in [1.82, 2.24) is 15.0 Å². The highest BCUT2D eigenvalue weighted by Gasteiger charge is 2.08. The Morgan fingerprint density at radius 3 is 2.89 bits per heavy atom. The average Bonchev–Trinajstić information content (AvgIpc) is 3.14. The lowest BCUT2D eigenvalue weighted by Crippen LogP contribution is -1.99. The molecule has 7 heteroatoms. The summed E-state index contributed by atoms with van der Waals surface area (Å²) >= 11 is 1.63. The minimum atomic E-state index is -0.161. The van der Waals surface area contributed by atoms with E-state index in [0.29, 0.717) is 6.42 Å². The van der Waals surface area contributed by atoms with Gasteiger partial charge in [0.05, 0.1) is 22.7 Å². The smallest absolute Gasteiger partial charge is 0.305 e. The summed E-state index contributed by atoms with van der Waals surface area (Å²) in [4.78, 5) is 25.6. The molecule has 6 nitrogen and oxygen atoms in total. The van der Waals surface area contributed by atoms with Crippen molar-refractivity contribution in [1.29, 1.82) is 0 Å². The van der Waals surface area contributed by atoms with Crippen molar-refractivity contribution in [3.05, 3.63) is 53.3 Å². The number of carbonyl (C=O) groups excluding carboxylic acids is 1. The summed E-state index contributed by atoms with van der Waals surface area (Å²) in [5, 5.41) is 4.29. The Hall–Kier alpha value is -2.80. The number of hydrogen-bond donors (Lipinski definition) is 1. The number of aryl methyl sites for hydroxylation is 2. The molecule has 0 aliphatic carbocycles. The summed E-state index contributed by atoms with van der Waals surface area (Å²) in [6.07, 6.45) is 6.66. The number of hydrogen-bond acceptors (Lipinski definition) is 7. The number of pyridine rings is 2.